The summed E-state index contributed by atoms with van der Waals surface area (Å²) in [5, 5.41) is 0. The van der Waals surface area contributed by atoms with E-state index in [1.807, 2.05) is 18.7 Å². The van der Waals surface area contributed by atoms with Crippen LogP contribution in [0.5, 0.6) is 0 Å². The molecule has 0 saturated heterocycles. The Balaban J connectivity index is 2.55. The van der Waals surface area contributed by atoms with Crippen LogP contribution in [-0.2, 0) is 4.79 Å². The van der Waals surface area contributed by atoms with E-state index < -0.39 is 0 Å². The van der Waals surface area contributed by atoms with E-state index in [9.17, 15) is 4.79 Å². The fourth-order valence-electron chi connectivity index (χ4n) is 2.52. The van der Waals surface area contributed by atoms with E-state index in [-0.39, 0.29) is 11.4 Å². The average molecular weight is 226 g/mol. The van der Waals surface area contributed by atoms with Crippen LogP contribution in [0.3, 0.4) is 0 Å². The van der Waals surface area contributed by atoms with Crippen molar-refractivity contribution in [2.24, 2.45) is 5.73 Å². The van der Waals surface area contributed by atoms with Gasteiger partial charge in [-0.15, -0.1) is 0 Å². The van der Waals surface area contributed by atoms with Crippen molar-refractivity contribution in [1.29, 1.82) is 0 Å². The summed E-state index contributed by atoms with van der Waals surface area (Å²) in [6, 6.07) is 0.466. The summed E-state index contributed by atoms with van der Waals surface area (Å²) in [6.07, 6.45) is 6.65. The second kappa shape index (κ2) is 5.67. The highest BCUT2D eigenvalue weighted by Crippen LogP contribution is 2.23. The zero-order valence-electron chi connectivity index (χ0n) is 11.0. The van der Waals surface area contributed by atoms with Crippen molar-refractivity contribution in [3.63, 3.8) is 0 Å². The molecule has 0 aromatic heterocycles. The molecule has 0 radical (unpaired) electrons. The Kier molecular flexibility index (Phi) is 4.78. The number of nitrogens with zero attached hydrogens (tertiary/aromatic N) is 1. The van der Waals surface area contributed by atoms with Crippen LogP contribution >= 0.6 is 0 Å². The van der Waals surface area contributed by atoms with Crippen LogP contribution in [0, 0.1) is 0 Å². The molecule has 1 fully saturated rings. The van der Waals surface area contributed by atoms with Gasteiger partial charge in [0.05, 0.1) is 0 Å². The molecular weight excluding hydrogens is 200 g/mol. The maximum absolute atomic E-state index is 12.1. The quantitative estimate of drug-likeness (QED) is 0.799. The van der Waals surface area contributed by atoms with Crippen LogP contribution in [0.4, 0.5) is 0 Å². The van der Waals surface area contributed by atoms with Crippen molar-refractivity contribution in [3.8, 4) is 0 Å². The molecule has 0 aliphatic heterocycles. The lowest BCUT2D eigenvalue weighted by Crippen LogP contribution is -2.46. The maximum Gasteiger partial charge on any atom is 0.224 e. The number of hydrogen-bond donors (Lipinski definition) is 1. The highest BCUT2D eigenvalue weighted by Gasteiger charge is 2.26. The molecule has 0 spiro atoms. The van der Waals surface area contributed by atoms with Crippen LogP contribution in [-0.4, -0.2) is 28.9 Å². The first-order valence-corrected chi connectivity index (χ1v) is 6.52. The first kappa shape index (κ1) is 13.5. The fraction of sp³-hybridized carbons (Fsp3) is 0.923. The Morgan fingerprint density at radius 2 is 1.88 bits per heavy atom. The number of amides is 1. The number of carbonyl (C=O) groups excluding carboxylic acids is 1. The minimum Gasteiger partial charge on any atom is -0.340 e. The molecule has 94 valence electrons. The molecule has 0 heterocycles. The summed E-state index contributed by atoms with van der Waals surface area (Å²) in [5.41, 5.74) is 5.52. The summed E-state index contributed by atoms with van der Waals surface area (Å²) in [4.78, 5) is 14.2. The van der Waals surface area contributed by atoms with Crippen LogP contribution in [0.25, 0.3) is 0 Å². The molecular formula is C13H26N2O. The van der Waals surface area contributed by atoms with E-state index >= 15 is 0 Å². The van der Waals surface area contributed by atoms with Crippen LogP contribution in [0.1, 0.15) is 59.3 Å². The van der Waals surface area contributed by atoms with Gasteiger partial charge in [-0.2, -0.15) is 0 Å². The zero-order valence-corrected chi connectivity index (χ0v) is 11.0. The lowest BCUT2D eigenvalue weighted by Gasteiger charge is -2.35. The Morgan fingerprint density at radius 3 is 2.31 bits per heavy atom. The van der Waals surface area contributed by atoms with Crippen molar-refractivity contribution in [2.45, 2.75) is 70.9 Å². The molecule has 0 atom stereocenters. The minimum atomic E-state index is -0.390. The Morgan fingerprint density at radius 1 is 1.31 bits per heavy atom. The SMILES string of the molecule is CCN(C(=O)CC(C)(C)N)C1CCCCC1. The molecule has 0 bridgehead atoms. The third-order valence-electron chi connectivity index (χ3n) is 3.28. The van der Waals surface area contributed by atoms with E-state index in [2.05, 4.69) is 6.92 Å². The van der Waals surface area contributed by atoms with Crippen molar-refractivity contribution in [2.75, 3.05) is 6.54 Å². The number of carbonyl (C=O) groups is 1. The van der Waals surface area contributed by atoms with Gasteiger partial charge >= 0.3 is 0 Å². The van der Waals surface area contributed by atoms with E-state index in [1.54, 1.807) is 0 Å². The van der Waals surface area contributed by atoms with Crippen molar-refractivity contribution in [3.05, 3.63) is 0 Å². The molecule has 1 amide bonds. The summed E-state index contributed by atoms with van der Waals surface area (Å²) < 4.78 is 0. The molecule has 2 N–H and O–H groups in total. The predicted octanol–water partition coefficient (Wildman–Crippen LogP) is 2.29. The van der Waals surface area contributed by atoms with Crippen molar-refractivity contribution < 1.29 is 4.79 Å². The van der Waals surface area contributed by atoms with E-state index in [4.69, 9.17) is 5.73 Å². The summed E-state index contributed by atoms with van der Waals surface area (Å²) in [6.45, 7) is 6.72. The van der Waals surface area contributed by atoms with Gasteiger partial charge in [-0.3, -0.25) is 4.79 Å². The molecule has 1 saturated carbocycles. The molecule has 1 aliphatic rings. The number of hydrogen-bond acceptors (Lipinski definition) is 2. The van der Waals surface area contributed by atoms with Gasteiger partial charge in [-0.25, -0.2) is 0 Å². The second-order valence-electron chi connectivity index (χ2n) is 5.64. The van der Waals surface area contributed by atoms with Crippen LogP contribution < -0.4 is 5.73 Å². The molecule has 3 nitrogen and oxygen atoms in total. The van der Waals surface area contributed by atoms with Gasteiger partial charge in [0, 0.05) is 24.5 Å². The lowest BCUT2D eigenvalue weighted by molar-refractivity contribution is -0.135. The van der Waals surface area contributed by atoms with Crippen molar-refractivity contribution >= 4 is 5.91 Å². The average Bonchev–Trinajstić information content (AvgIpc) is 2.17. The normalized spacial score (nSPS) is 18.5. The fourth-order valence-corrected chi connectivity index (χ4v) is 2.52. The summed E-state index contributed by atoms with van der Waals surface area (Å²) in [5.74, 6) is 0.224. The number of rotatable bonds is 4. The largest absolute Gasteiger partial charge is 0.340 e. The molecule has 1 rings (SSSR count). The summed E-state index contributed by atoms with van der Waals surface area (Å²) in [7, 11) is 0. The van der Waals surface area contributed by atoms with Crippen molar-refractivity contribution in [1.82, 2.24) is 4.90 Å². The van der Waals surface area contributed by atoms with E-state index in [1.165, 1.54) is 32.1 Å². The number of nitrogens with two attached hydrogens (primary N) is 1. The van der Waals surface area contributed by atoms with Gasteiger partial charge in [0.2, 0.25) is 5.91 Å². The standard InChI is InChI=1S/C13H26N2O/c1-4-15(11-8-6-5-7-9-11)12(16)10-13(2,3)14/h11H,4-10,14H2,1-3H3. The third kappa shape index (κ3) is 4.12. The monoisotopic (exact) mass is 226 g/mol. The predicted molar refractivity (Wildman–Crippen MR) is 67.1 cm³/mol. The minimum absolute atomic E-state index is 0.224. The topological polar surface area (TPSA) is 46.3 Å². The van der Waals surface area contributed by atoms with E-state index in [0.29, 0.717) is 12.5 Å². The molecule has 16 heavy (non-hydrogen) atoms. The molecule has 3 heteroatoms. The van der Waals surface area contributed by atoms with Gasteiger partial charge in [-0.05, 0) is 33.6 Å². The maximum atomic E-state index is 12.1. The third-order valence-corrected chi connectivity index (χ3v) is 3.28. The van der Waals surface area contributed by atoms with Gasteiger partial charge in [0.1, 0.15) is 0 Å². The lowest BCUT2D eigenvalue weighted by atomic mass is 9.93. The van der Waals surface area contributed by atoms with Gasteiger partial charge in [-0.1, -0.05) is 19.3 Å². The molecule has 0 unspecified atom stereocenters. The Labute approximate surface area is 99.4 Å². The Hall–Kier alpha value is -0.570. The second-order valence-corrected chi connectivity index (χ2v) is 5.64. The first-order valence-electron chi connectivity index (χ1n) is 6.52. The molecule has 1 aliphatic carbocycles. The molecule has 0 aromatic rings. The smallest absolute Gasteiger partial charge is 0.224 e. The van der Waals surface area contributed by atoms with Gasteiger partial charge in [0.25, 0.3) is 0 Å². The Bertz CT molecular complexity index is 227. The van der Waals surface area contributed by atoms with Gasteiger partial charge in [0.15, 0.2) is 0 Å². The van der Waals surface area contributed by atoms with E-state index in [0.717, 1.165) is 6.54 Å². The zero-order chi connectivity index (χ0) is 12.2. The summed E-state index contributed by atoms with van der Waals surface area (Å²) >= 11 is 0. The highest BCUT2D eigenvalue weighted by molar-refractivity contribution is 5.77. The first-order chi connectivity index (χ1) is 7.44. The molecule has 0 aromatic carbocycles. The highest BCUT2D eigenvalue weighted by atomic mass is 16.2. The van der Waals surface area contributed by atoms with Crippen LogP contribution in [0.2, 0.25) is 0 Å². The van der Waals surface area contributed by atoms with Gasteiger partial charge < -0.3 is 10.6 Å². The van der Waals surface area contributed by atoms with Crippen LogP contribution in [0.15, 0.2) is 0 Å².